The minimum absolute atomic E-state index is 0.0587. The molecule has 1 amide bonds. The third-order valence-electron chi connectivity index (χ3n) is 4.19. The molecule has 5 heteroatoms. The average molecular weight is 326 g/mol. The molecule has 126 valence electrons. The van der Waals surface area contributed by atoms with E-state index in [-0.39, 0.29) is 11.7 Å². The molecule has 0 aliphatic carbocycles. The number of phenols is 1. The number of hydrogen-bond donors (Lipinski definition) is 1. The van der Waals surface area contributed by atoms with Crippen LogP contribution in [0.1, 0.15) is 17.3 Å². The van der Waals surface area contributed by atoms with Crippen LogP contribution in [0.15, 0.2) is 48.5 Å². The number of rotatable bonds is 4. The molecule has 1 aliphatic heterocycles. The molecule has 1 N–H and O–H groups in total. The Morgan fingerprint density at radius 2 is 1.62 bits per heavy atom. The second kappa shape index (κ2) is 7.25. The van der Waals surface area contributed by atoms with Gasteiger partial charge in [0, 0.05) is 37.4 Å². The number of benzene rings is 2. The first kappa shape index (κ1) is 16.2. The highest BCUT2D eigenvalue weighted by Gasteiger charge is 2.22. The molecule has 0 atom stereocenters. The molecule has 0 spiro atoms. The summed E-state index contributed by atoms with van der Waals surface area (Å²) < 4.78 is 5.41. The summed E-state index contributed by atoms with van der Waals surface area (Å²) in [4.78, 5) is 16.7. The van der Waals surface area contributed by atoms with Crippen LogP contribution in [-0.2, 0) is 0 Å². The maximum Gasteiger partial charge on any atom is 0.253 e. The van der Waals surface area contributed by atoms with Crippen LogP contribution >= 0.6 is 0 Å². The van der Waals surface area contributed by atoms with Crippen molar-refractivity contribution in [2.45, 2.75) is 6.92 Å². The zero-order valence-electron chi connectivity index (χ0n) is 13.8. The number of nitrogens with zero attached hydrogens (tertiary/aromatic N) is 2. The molecule has 2 aromatic rings. The first-order valence-electron chi connectivity index (χ1n) is 8.23. The summed E-state index contributed by atoms with van der Waals surface area (Å²) in [5.74, 6) is 1.11. The molecule has 3 rings (SSSR count). The second-order valence-electron chi connectivity index (χ2n) is 5.75. The van der Waals surface area contributed by atoms with Crippen molar-refractivity contribution in [1.29, 1.82) is 0 Å². The third kappa shape index (κ3) is 3.62. The molecule has 1 saturated heterocycles. The van der Waals surface area contributed by atoms with Crippen LogP contribution in [0, 0.1) is 0 Å². The lowest BCUT2D eigenvalue weighted by Crippen LogP contribution is -2.48. The predicted octanol–water partition coefficient (Wildman–Crippen LogP) is 2.75. The lowest BCUT2D eigenvalue weighted by atomic mass is 10.1. The maximum absolute atomic E-state index is 12.6. The van der Waals surface area contributed by atoms with Crippen molar-refractivity contribution < 1.29 is 14.6 Å². The van der Waals surface area contributed by atoms with Crippen molar-refractivity contribution in [2.75, 3.05) is 37.7 Å². The van der Waals surface area contributed by atoms with Gasteiger partial charge < -0.3 is 19.6 Å². The Morgan fingerprint density at radius 1 is 1.00 bits per heavy atom. The van der Waals surface area contributed by atoms with E-state index in [1.54, 1.807) is 12.1 Å². The molecule has 5 nitrogen and oxygen atoms in total. The second-order valence-corrected chi connectivity index (χ2v) is 5.75. The van der Waals surface area contributed by atoms with E-state index in [4.69, 9.17) is 4.74 Å². The van der Waals surface area contributed by atoms with E-state index in [1.165, 1.54) is 0 Å². The molecule has 1 fully saturated rings. The quantitative estimate of drug-likeness (QED) is 0.939. The zero-order valence-corrected chi connectivity index (χ0v) is 13.8. The summed E-state index contributed by atoms with van der Waals surface area (Å²) in [5.41, 5.74) is 1.76. The monoisotopic (exact) mass is 326 g/mol. The molecule has 1 heterocycles. The van der Waals surface area contributed by atoms with Crippen molar-refractivity contribution in [3.8, 4) is 11.5 Å². The Hall–Kier alpha value is -2.69. The van der Waals surface area contributed by atoms with E-state index < -0.39 is 0 Å². The van der Waals surface area contributed by atoms with Crippen molar-refractivity contribution in [3.05, 3.63) is 54.1 Å². The van der Waals surface area contributed by atoms with Gasteiger partial charge in [-0.05, 0) is 55.5 Å². The first-order valence-corrected chi connectivity index (χ1v) is 8.23. The van der Waals surface area contributed by atoms with Gasteiger partial charge in [-0.1, -0.05) is 0 Å². The van der Waals surface area contributed by atoms with Crippen molar-refractivity contribution in [2.24, 2.45) is 0 Å². The number of phenolic OH excluding ortho intramolecular Hbond substituents is 1. The lowest BCUT2D eigenvalue weighted by molar-refractivity contribution is 0.0747. The molecule has 0 bridgehead atoms. The predicted molar refractivity (Wildman–Crippen MR) is 93.8 cm³/mol. The van der Waals surface area contributed by atoms with Gasteiger partial charge in [0.05, 0.1) is 6.61 Å². The van der Waals surface area contributed by atoms with Gasteiger partial charge in [-0.15, -0.1) is 0 Å². The Labute approximate surface area is 142 Å². The molecular weight excluding hydrogens is 304 g/mol. The van der Waals surface area contributed by atoms with Crippen LogP contribution in [0.25, 0.3) is 0 Å². The Kier molecular flexibility index (Phi) is 4.89. The molecule has 24 heavy (non-hydrogen) atoms. The highest BCUT2D eigenvalue weighted by Crippen LogP contribution is 2.21. The number of amides is 1. The van der Waals surface area contributed by atoms with Crippen LogP contribution in [0.5, 0.6) is 11.5 Å². The molecule has 0 aromatic heterocycles. The summed E-state index contributed by atoms with van der Waals surface area (Å²) >= 11 is 0. The summed E-state index contributed by atoms with van der Waals surface area (Å²) in [6, 6.07) is 14.5. The first-order chi connectivity index (χ1) is 11.7. The normalized spacial score (nSPS) is 14.5. The minimum Gasteiger partial charge on any atom is -0.508 e. The zero-order chi connectivity index (χ0) is 16.9. The Bertz CT molecular complexity index is 675. The van der Waals surface area contributed by atoms with E-state index in [0.29, 0.717) is 25.3 Å². The van der Waals surface area contributed by atoms with Crippen molar-refractivity contribution in [3.63, 3.8) is 0 Å². The number of piperazine rings is 1. The molecular formula is C19H22N2O3. The summed E-state index contributed by atoms with van der Waals surface area (Å²) in [6.07, 6.45) is 0. The van der Waals surface area contributed by atoms with E-state index in [2.05, 4.69) is 4.90 Å². The summed E-state index contributed by atoms with van der Waals surface area (Å²) in [5, 5.41) is 9.37. The molecule has 0 unspecified atom stereocenters. The van der Waals surface area contributed by atoms with Gasteiger partial charge in [0.25, 0.3) is 5.91 Å². The number of hydrogen-bond acceptors (Lipinski definition) is 4. The van der Waals surface area contributed by atoms with Crippen LogP contribution in [0.2, 0.25) is 0 Å². The Morgan fingerprint density at radius 3 is 2.21 bits per heavy atom. The van der Waals surface area contributed by atoms with E-state index in [0.717, 1.165) is 24.5 Å². The molecule has 0 radical (unpaired) electrons. The molecule has 1 aliphatic rings. The van der Waals surface area contributed by atoms with Gasteiger partial charge in [0.2, 0.25) is 0 Å². The van der Waals surface area contributed by atoms with Crippen molar-refractivity contribution in [1.82, 2.24) is 4.90 Å². The van der Waals surface area contributed by atoms with Gasteiger partial charge in [0.1, 0.15) is 11.5 Å². The van der Waals surface area contributed by atoms with E-state index >= 15 is 0 Å². The lowest BCUT2D eigenvalue weighted by Gasteiger charge is -2.36. The van der Waals surface area contributed by atoms with E-state index in [1.807, 2.05) is 48.2 Å². The smallest absolute Gasteiger partial charge is 0.253 e. The van der Waals surface area contributed by atoms with Crippen molar-refractivity contribution >= 4 is 11.6 Å². The SMILES string of the molecule is CCOc1ccc(C(=O)N2CCN(c3ccc(O)cc3)CC2)cc1. The summed E-state index contributed by atoms with van der Waals surface area (Å²) in [7, 11) is 0. The number of ether oxygens (including phenoxy) is 1. The minimum atomic E-state index is 0.0587. The maximum atomic E-state index is 12.6. The van der Waals surface area contributed by atoms with Crippen LogP contribution in [0.3, 0.4) is 0 Å². The largest absolute Gasteiger partial charge is 0.508 e. The highest BCUT2D eigenvalue weighted by molar-refractivity contribution is 5.94. The van der Waals surface area contributed by atoms with Gasteiger partial charge in [0.15, 0.2) is 0 Å². The fraction of sp³-hybridized carbons (Fsp3) is 0.316. The average Bonchev–Trinajstić information content (AvgIpc) is 2.63. The standard InChI is InChI=1S/C19H22N2O3/c1-2-24-18-9-3-15(4-10-18)19(23)21-13-11-20(12-14-21)16-5-7-17(22)8-6-16/h3-10,22H,2,11-14H2,1H3. The van der Waals surface area contributed by atoms with Gasteiger partial charge in [-0.3, -0.25) is 4.79 Å². The van der Waals surface area contributed by atoms with Gasteiger partial charge >= 0.3 is 0 Å². The number of carbonyl (C=O) groups excluding carboxylic acids is 1. The number of aromatic hydroxyl groups is 1. The van der Waals surface area contributed by atoms with Crippen LogP contribution in [0.4, 0.5) is 5.69 Å². The fourth-order valence-electron chi connectivity index (χ4n) is 2.87. The number of carbonyl (C=O) groups is 1. The fourth-order valence-corrected chi connectivity index (χ4v) is 2.87. The molecule has 0 saturated carbocycles. The Balaban J connectivity index is 1.59. The van der Waals surface area contributed by atoms with Gasteiger partial charge in [-0.25, -0.2) is 0 Å². The van der Waals surface area contributed by atoms with E-state index in [9.17, 15) is 9.90 Å². The number of anilines is 1. The molecule has 2 aromatic carbocycles. The van der Waals surface area contributed by atoms with Crippen LogP contribution in [-0.4, -0.2) is 48.7 Å². The highest BCUT2D eigenvalue weighted by atomic mass is 16.5. The third-order valence-corrected chi connectivity index (χ3v) is 4.19. The summed E-state index contributed by atoms with van der Waals surface area (Å²) in [6.45, 7) is 5.50. The topological polar surface area (TPSA) is 53.0 Å². The van der Waals surface area contributed by atoms with Gasteiger partial charge in [-0.2, -0.15) is 0 Å². The van der Waals surface area contributed by atoms with Crippen LogP contribution < -0.4 is 9.64 Å².